The van der Waals surface area contributed by atoms with E-state index in [4.69, 9.17) is 4.74 Å². The minimum Gasteiger partial charge on any atom is -0.465 e. The molecule has 0 N–H and O–H groups in total. The first-order valence-corrected chi connectivity index (χ1v) is 8.37. The van der Waals surface area contributed by atoms with Crippen LogP contribution in [-0.4, -0.2) is 18.4 Å². The highest BCUT2D eigenvalue weighted by Gasteiger charge is 2.22. The van der Waals surface area contributed by atoms with E-state index in [-0.39, 0.29) is 5.78 Å². The van der Waals surface area contributed by atoms with Gasteiger partial charge in [-0.3, -0.25) is 9.59 Å². The molecule has 0 aliphatic heterocycles. The van der Waals surface area contributed by atoms with Crippen molar-refractivity contribution in [2.75, 3.05) is 6.61 Å². The van der Waals surface area contributed by atoms with E-state index in [2.05, 4.69) is 6.92 Å². The highest BCUT2D eigenvalue weighted by molar-refractivity contribution is 5.99. The molecule has 1 atom stereocenters. The minimum absolute atomic E-state index is 0.146. The highest BCUT2D eigenvalue weighted by Crippen LogP contribution is 2.15. The number of ketones is 1. The summed E-state index contributed by atoms with van der Waals surface area (Å²) in [5.74, 6) is -1.30. The van der Waals surface area contributed by atoms with Crippen LogP contribution in [0, 0.1) is 5.92 Å². The van der Waals surface area contributed by atoms with Gasteiger partial charge in [-0.15, -0.1) is 0 Å². The van der Waals surface area contributed by atoms with Gasteiger partial charge >= 0.3 is 5.97 Å². The van der Waals surface area contributed by atoms with Crippen molar-refractivity contribution in [3.8, 4) is 0 Å². The Morgan fingerprint density at radius 3 is 2.05 bits per heavy atom. The normalized spacial score (nSPS) is 13.0. The number of Topliss-reactive ketones (excluding diaryl/α,β-unsaturated/α-hetero) is 1. The van der Waals surface area contributed by atoms with Crippen LogP contribution in [0.3, 0.4) is 0 Å². The number of hydrogen-bond donors (Lipinski definition) is 0. The van der Waals surface area contributed by atoms with E-state index in [0.29, 0.717) is 6.61 Å². The van der Waals surface area contributed by atoms with Gasteiger partial charge in [-0.05, 0) is 33.6 Å². The van der Waals surface area contributed by atoms with Crippen molar-refractivity contribution >= 4 is 11.8 Å². The second-order valence-corrected chi connectivity index (χ2v) is 5.72. The summed E-state index contributed by atoms with van der Waals surface area (Å²) < 4.78 is 4.94. The van der Waals surface area contributed by atoms with E-state index >= 15 is 0 Å². The fourth-order valence-corrected chi connectivity index (χ4v) is 2.31. The Bertz CT molecular complexity index is 331. The third-order valence-corrected chi connectivity index (χ3v) is 3.60. The lowest BCUT2D eigenvalue weighted by Gasteiger charge is -2.10. The molecule has 0 amide bonds. The molecule has 0 rings (SSSR count). The molecule has 1 unspecified atom stereocenters. The Balaban J connectivity index is 4.07. The zero-order chi connectivity index (χ0) is 16.1. The van der Waals surface area contributed by atoms with Gasteiger partial charge in [-0.25, -0.2) is 0 Å². The molecule has 21 heavy (non-hydrogen) atoms. The molecule has 0 aromatic rings. The molecule has 0 aromatic heterocycles. The Hall–Kier alpha value is -1.12. The molecule has 0 radical (unpaired) electrons. The van der Waals surface area contributed by atoms with Crippen LogP contribution < -0.4 is 0 Å². The molecule has 3 nitrogen and oxygen atoms in total. The lowest BCUT2D eigenvalue weighted by atomic mass is 9.99. The number of rotatable bonds is 12. The standard InChI is InChI=1S/C18H32O3/c1-5-7-8-9-10-11-12-13-15(3)14-17(16(4)19)18(20)21-6-2/h14,17H,5-13H2,1-4H3. The lowest BCUT2D eigenvalue weighted by molar-refractivity contribution is -0.149. The van der Waals surface area contributed by atoms with Gasteiger partial charge in [-0.1, -0.05) is 57.1 Å². The first kappa shape index (κ1) is 19.9. The SMILES string of the molecule is CCCCCCCCCC(C)=CC(C(C)=O)C(=O)OCC. The molecule has 0 aromatic carbocycles. The predicted molar refractivity (Wildman–Crippen MR) is 87.2 cm³/mol. The number of unbranched alkanes of at least 4 members (excludes halogenated alkanes) is 6. The van der Waals surface area contributed by atoms with Crippen molar-refractivity contribution in [3.63, 3.8) is 0 Å². The van der Waals surface area contributed by atoms with Crippen LogP contribution >= 0.6 is 0 Å². The predicted octanol–water partition coefficient (Wildman–Crippen LogP) is 4.84. The van der Waals surface area contributed by atoms with Gasteiger partial charge in [0.25, 0.3) is 0 Å². The number of carbonyl (C=O) groups is 2. The highest BCUT2D eigenvalue weighted by atomic mass is 16.5. The van der Waals surface area contributed by atoms with Crippen LogP contribution in [-0.2, 0) is 14.3 Å². The lowest BCUT2D eigenvalue weighted by Crippen LogP contribution is -2.22. The molecule has 0 heterocycles. The Morgan fingerprint density at radius 2 is 1.52 bits per heavy atom. The quantitative estimate of drug-likeness (QED) is 0.224. The molecule has 122 valence electrons. The van der Waals surface area contributed by atoms with Crippen molar-refractivity contribution in [2.45, 2.75) is 79.1 Å². The summed E-state index contributed by atoms with van der Waals surface area (Å²) in [7, 11) is 0. The number of carbonyl (C=O) groups excluding carboxylic acids is 2. The van der Waals surface area contributed by atoms with Gasteiger partial charge in [0, 0.05) is 0 Å². The van der Waals surface area contributed by atoms with Gasteiger partial charge in [0.15, 0.2) is 0 Å². The zero-order valence-electron chi connectivity index (χ0n) is 14.2. The maximum absolute atomic E-state index is 11.7. The zero-order valence-corrected chi connectivity index (χ0v) is 14.2. The van der Waals surface area contributed by atoms with Crippen molar-refractivity contribution in [3.05, 3.63) is 11.6 Å². The Kier molecular flexibility index (Phi) is 11.9. The Labute approximate surface area is 130 Å². The van der Waals surface area contributed by atoms with E-state index in [1.54, 1.807) is 13.0 Å². The van der Waals surface area contributed by atoms with Crippen molar-refractivity contribution < 1.29 is 14.3 Å². The van der Waals surface area contributed by atoms with Gasteiger partial charge in [0.2, 0.25) is 0 Å². The van der Waals surface area contributed by atoms with Crippen LogP contribution in [0.25, 0.3) is 0 Å². The second kappa shape index (κ2) is 12.6. The number of ether oxygens (including phenoxy) is 1. The summed E-state index contributed by atoms with van der Waals surface area (Å²) in [6.45, 7) is 7.73. The van der Waals surface area contributed by atoms with Crippen LogP contribution in [0.5, 0.6) is 0 Å². The summed E-state index contributed by atoms with van der Waals surface area (Å²) in [5, 5.41) is 0. The number of hydrogen-bond acceptors (Lipinski definition) is 3. The van der Waals surface area contributed by atoms with Crippen LogP contribution in [0.2, 0.25) is 0 Å². The maximum Gasteiger partial charge on any atom is 0.320 e. The van der Waals surface area contributed by atoms with E-state index in [9.17, 15) is 9.59 Å². The third kappa shape index (κ3) is 10.3. The molecule has 0 saturated heterocycles. The molecule has 0 saturated carbocycles. The first-order valence-electron chi connectivity index (χ1n) is 8.37. The fourth-order valence-electron chi connectivity index (χ4n) is 2.31. The second-order valence-electron chi connectivity index (χ2n) is 5.72. The van der Waals surface area contributed by atoms with Crippen LogP contribution in [0.1, 0.15) is 79.1 Å². The van der Waals surface area contributed by atoms with Crippen LogP contribution in [0.4, 0.5) is 0 Å². The van der Waals surface area contributed by atoms with E-state index in [1.165, 1.54) is 45.4 Å². The van der Waals surface area contributed by atoms with Gasteiger partial charge in [-0.2, -0.15) is 0 Å². The van der Waals surface area contributed by atoms with Gasteiger partial charge in [0.05, 0.1) is 6.61 Å². The monoisotopic (exact) mass is 296 g/mol. The summed E-state index contributed by atoms with van der Waals surface area (Å²) in [6.07, 6.45) is 11.6. The molecule has 0 fully saturated rings. The van der Waals surface area contributed by atoms with Gasteiger partial charge < -0.3 is 4.74 Å². The van der Waals surface area contributed by atoms with Crippen molar-refractivity contribution in [2.24, 2.45) is 5.92 Å². The molecule has 0 aliphatic carbocycles. The van der Waals surface area contributed by atoms with E-state index < -0.39 is 11.9 Å². The largest absolute Gasteiger partial charge is 0.465 e. The topological polar surface area (TPSA) is 43.4 Å². The maximum atomic E-state index is 11.7. The molecular formula is C18H32O3. The molecule has 0 bridgehead atoms. The molecule has 0 aliphatic rings. The first-order chi connectivity index (χ1) is 10.0. The third-order valence-electron chi connectivity index (χ3n) is 3.60. The minimum atomic E-state index is -0.727. The molecule has 0 spiro atoms. The average Bonchev–Trinajstić information content (AvgIpc) is 2.43. The fraction of sp³-hybridized carbons (Fsp3) is 0.778. The number of esters is 1. The van der Waals surface area contributed by atoms with E-state index in [0.717, 1.165) is 18.4 Å². The summed E-state index contributed by atoms with van der Waals surface area (Å²) in [4.78, 5) is 23.2. The molecular weight excluding hydrogens is 264 g/mol. The molecule has 3 heteroatoms. The smallest absolute Gasteiger partial charge is 0.320 e. The van der Waals surface area contributed by atoms with Gasteiger partial charge in [0.1, 0.15) is 11.7 Å². The average molecular weight is 296 g/mol. The van der Waals surface area contributed by atoms with Crippen LogP contribution in [0.15, 0.2) is 11.6 Å². The number of allylic oxidation sites excluding steroid dienone is 1. The van der Waals surface area contributed by atoms with Crippen molar-refractivity contribution in [1.82, 2.24) is 0 Å². The summed E-state index contributed by atoms with van der Waals surface area (Å²) >= 11 is 0. The van der Waals surface area contributed by atoms with E-state index in [1.807, 2.05) is 6.92 Å². The summed E-state index contributed by atoms with van der Waals surface area (Å²) in [5.41, 5.74) is 1.11. The summed E-state index contributed by atoms with van der Waals surface area (Å²) in [6, 6.07) is 0. The van der Waals surface area contributed by atoms with Crippen molar-refractivity contribution in [1.29, 1.82) is 0 Å². The Morgan fingerprint density at radius 1 is 0.952 bits per heavy atom.